The highest BCUT2D eigenvalue weighted by Crippen LogP contribution is 2.19. The number of fused-ring (bicyclic) bond motifs is 1. The van der Waals surface area contributed by atoms with Gasteiger partial charge in [0.15, 0.2) is 0 Å². The van der Waals surface area contributed by atoms with Gasteiger partial charge in [0.05, 0.1) is 11.3 Å². The van der Waals surface area contributed by atoms with Gasteiger partial charge in [0.2, 0.25) is 0 Å². The number of aromatic amines is 1. The first-order valence-corrected chi connectivity index (χ1v) is 7.33. The number of rotatable bonds is 2. The summed E-state index contributed by atoms with van der Waals surface area (Å²) in [5, 5.41) is 0. The van der Waals surface area contributed by atoms with E-state index in [-0.39, 0.29) is 5.56 Å². The van der Waals surface area contributed by atoms with Crippen LogP contribution in [0.1, 0.15) is 22.6 Å². The van der Waals surface area contributed by atoms with E-state index in [0.29, 0.717) is 12.4 Å². The number of pyridine rings is 1. The predicted molar refractivity (Wildman–Crippen MR) is 79.3 cm³/mol. The van der Waals surface area contributed by atoms with E-state index in [4.69, 9.17) is 0 Å². The third-order valence-corrected chi connectivity index (χ3v) is 4.21. The van der Waals surface area contributed by atoms with Crippen molar-refractivity contribution in [1.82, 2.24) is 19.9 Å². The molecule has 0 fully saturated rings. The van der Waals surface area contributed by atoms with E-state index in [0.717, 1.165) is 40.9 Å². The maximum Gasteiger partial charge on any atom is 0.255 e. The molecule has 1 aliphatic heterocycles. The van der Waals surface area contributed by atoms with Crippen molar-refractivity contribution in [2.45, 2.75) is 26.4 Å². The summed E-state index contributed by atoms with van der Waals surface area (Å²) in [5.41, 5.74) is 2.85. The van der Waals surface area contributed by atoms with Gasteiger partial charge in [0, 0.05) is 32.3 Å². The summed E-state index contributed by atoms with van der Waals surface area (Å²) in [7, 11) is 0. The average molecular weight is 335 g/mol. The maximum atomic E-state index is 12.0. The van der Waals surface area contributed by atoms with Gasteiger partial charge in [-0.05, 0) is 34.5 Å². The zero-order valence-electron chi connectivity index (χ0n) is 11.2. The molecule has 104 valence electrons. The quantitative estimate of drug-likeness (QED) is 0.850. The number of aryl methyl sites for hydroxylation is 1. The van der Waals surface area contributed by atoms with Crippen LogP contribution in [0, 0.1) is 6.92 Å². The summed E-state index contributed by atoms with van der Waals surface area (Å²) in [4.78, 5) is 25.7. The number of hydrogen-bond donors (Lipinski definition) is 1. The number of aromatic nitrogens is 3. The maximum absolute atomic E-state index is 12.0. The molecule has 2 aromatic heterocycles. The first kappa shape index (κ1) is 13.5. The molecule has 0 aliphatic carbocycles. The van der Waals surface area contributed by atoms with E-state index in [2.05, 4.69) is 35.8 Å². The van der Waals surface area contributed by atoms with E-state index < -0.39 is 0 Å². The summed E-state index contributed by atoms with van der Waals surface area (Å²) < 4.78 is 0.863. The average Bonchev–Trinajstić information content (AvgIpc) is 2.42. The summed E-state index contributed by atoms with van der Waals surface area (Å²) in [6, 6.07) is 3.97. The molecule has 3 rings (SSSR count). The van der Waals surface area contributed by atoms with Crippen molar-refractivity contribution < 1.29 is 0 Å². The van der Waals surface area contributed by atoms with E-state index in [1.165, 1.54) is 0 Å². The van der Waals surface area contributed by atoms with Crippen molar-refractivity contribution >= 4 is 15.9 Å². The highest BCUT2D eigenvalue weighted by molar-refractivity contribution is 9.10. The molecule has 20 heavy (non-hydrogen) atoms. The topological polar surface area (TPSA) is 61.9 Å². The van der Waals surface area contributed by atoms with Crippen LogP contribution in [0.4, 0.5) is 0 Å². The minimum atomic E-state index is -0.0116. The molecule has 0 atom stereocenters. The SMILES string of the molecule is Cc1nc2c(c(=O)[nH]1)CN(Cc1cccnc1Br)CC2. The molecule has 0 saturated carbocycles. The largest absolute Gasteiger partial charge is 0.310 e. The number of nitrogens with zero attached hydrogens (tertiary/aromatic N) is 3. The van der Waals surface area contributed by atoms with Crippen LogP contribution in [0.25, 0.3) is 0 Å². The van der Waals surface area contributed by atoms with Crippen LogP contribution in [0.5, 0.6) is 0 Å². The minimum Gasteiger partial charge on any atom is -0.310 e. The summed E-state index contributed by atoms with van der Waals surface area (Å²) in [6.07, 6.45) is 2.58. The summed E-state index contributed by atoms with van der Waals surface area (Å²) >= 11 is 3.46. The lowest BCUT2D eigenvalue weighted by molar-refractivity contribution is 0.240. The zero-order valence-corrected chi connectivity index (χ0v) is 12.8. The van der Waals surface area contributed by atoms with Gasteiger partial charge >= 0.3 is 0 Å². The standard InChI is InChI=1S/C14H15BrN4O/c1-9-17-12-4-6-19(8-11(12)14(20)18-9)7-10-3-2-5-16-13(10)15/h2-3,5H,4,6-8H2,1H3,(H,17,18,20). The first-order chi connectivity index (χ1) is 9.63. The molecule has 3 heterocycles. The fraction of sp³-hybridized carbons (Fsp3) is 0.357. The Bertz CT molecular complexity index is 698. The molecule has 0 aromatic carbocycles. The van der Waals surface area contributed by atoms with Gasteiger partial charge in [-0.2, -0.15) is 0 Å². The van der Waals surface area contributed by atoms with Crippen molar-refractivity contribution in [2.75, 3.05) is 6.54 Å². The lowest BCUT2D eigenvalue weighted by Gasteiger charge is -2.27. The van der Waals surface area contributed by atoms with Gasteiger partial charge < -0.3 is 4.98 Å². The van der Waals surface area contributed by atoms with Crippen LogP contribution in [0.3, 0.4) is 0 Å². The van der Waals surface area contributed by atoms with Crippen LogP contribution < -0.4 is 5.56 Å². The Morgan fingerprint density at radius 2 is 2.35 bits per heavy atom. The van der Waals surface area contributed by atoms with Gasteiger partial charge in [-0.25, -0.2) is 9.97 Å². The molecule has 0 radical (unpaired) electrons. The van der Waals surface area contributed by atoms with Crippen LogP contribution in [-0.4, -0.2) is 26.4 Å². The Morgan fingerprint density at radius 1 is 1.50 bits per heavy atom. The van der Waals surface area contributed by atoms with Gasteiger partial charge in [-0.1, -0.05) is 6.07 Å². The van der Waals surface area contributed by atoms with Crippen LogP contribution in [0.2, 0.25) is 0 Å². The lowest BCUT2D eigenvalue weighted by atomic mass is 10.1. The van der Waals surface area contributed by atoms with Crippen molar-refractivity contribution in [1.29, 1.82) is 0 Å². The monoisotopic (exact) mass is 334 g/mol. The first-order valence-electron chi connectivity index (χ1n) is 6.54. The fourth-order valence-electron chi connectivity index (χ4n) is 2.52. The Hall–Kier alpha value is -1.53. The molecule has 0 unspecified atom stereocenters. The predicted octanol–water partition coefficient (Wildman–Crippen LogP) is 1.79. The second-order valence-corrected chi connectivity index (χ2v) is 5.74. The van der Waals surface area contributed by atoms with Crippen molar-refractivity contribution in [3.05, 3.63) is 55.9 Å². The highest BCUT2D eigenvalue weighted by atomic mass is 79.9. The molecule has 0 saturated heterocycles. The Labute approximate surface area is 125 Å². The number of nitrogens with one attached hydrogen (secondary N) is 1. The third kappa shape index (κ3) is 2.66. The molecule has 5 nitrogen and oxygen atoms in total. The molecule has 2 aromatic rings. The Morgan fingerprint density at radius 3 is 3.15 bits per heavy atom. The molecule has 1 aliphatic rings. The lowest BCUT2D eigenvalue weighted by Crippen LogP contribution is -2.35. The van der Waals surface area contributed by atoms with Crippen molar-refractivity contribution in [3.8, 4) is 0 Å². The van der Waals surface area contributed by atoms with E-state index in [1.807, 2.05) is 19.1 Å². The number of H-pyrrole nitrogens is 1. The molecular weight excluding hydrogens is 320 g/mol. The molecule has 0 amide bonds. The van der Waals surface area contributed by atoms with Crippen LogP contribution in [-0.2, 0) is 19.5 Å². The molecular formula is C14H15BrN4O. The van der Waals surface area contributed by atoms with Crippen molar-refractivity contribution in [2.24, 2.45) is 0 Å². The summed E-state index contributed by atoms with van der Waals surface area (Å²) in [5.74, 6) is 0.692. The third-order valence-electron chi connectivity index (χ3n) is 3.50. The number of hydrogen-bond acceptors (Lipinski definition) is 4. The Kier molecular flexibility index (Phi) is 3.67. The number of halogens is 1. The fourth-order valence-corrected chi connectivity index (χ4v) is 2.89. The van der Waals surface area contributed by atoms with E-state index in [1.54, 1.807) is 6.20 Å². The van der Waals surface area contributed by atoms with Gasteiger partial charge in [0.25, 0.3) is 5.56 Å². The molecule has 1 N–H and O–H groups in total. The molecule has 0 bridgehead atoms. The normalized spacial score (nSPS) is 15.1. The van der Waals surface area contributed by atoms with Gasteiger partial charge in [-0.15, -0.1) is 0 Å². The minimum absolute atomic E-state index is 0.0116. The summed E-state index contributed by atoms with van der Waals surface area (Å²) in [6.45, 7) is 4.14. The van der Waals surface area contributed by atoms with Crippen molar-refractivity contribution in [3.63, 3.8) is 0 Å². The molecule has 0 spiro atoms. The molecule has 6 heteroatoms. The second kappa shape index (κ2) is 5.46. The van der Waals surface area contributed by atoms with E-state index >= 15 is 0 Å². The van der Waals surface area contributed by atoms with Gasteiger partial charge in [-0.3, -0.25) is 9.69 Å². The van der Waals surface area contributed by atoms with E-state index in [9.17, 15) is 4.79 Å². The van der Waals surface area contributed by atoms with Gasteiger partial charge in [0.1, 0.15) is 10.4 Å². The second-order valence-electron chi connectivity index (χ2n) is 4.99. The zero-order chi connectivity index (χ0) is 14.1. The smallest absolute Gasteiger partial charge is 0.255 e. The van der Waals surface area contributed by atoms with Crippen LogP contribution >= 0.6 is 15.9 Å². The highest BCUT2D eigenvalue weighted by Gasteiger charge is 2.21. The van der Waals surface area contributed by atoms with Crippen LogP contribution in [0.15, 0.2) is 27.7 Å². The Balaban J connectivity index is 1.83.